The molecular formula is C19H16Cl2N2OS2. The summed E-state index contributed by atoms with van der Waals surface area (Å²) < 4.78 is 0. The van der Waals surface area contributed by atoms with Gasteiger partial charge in [0.05, 0.1) is 5.56 Å². The Labute approximate surface area is 170 Å². The van der Waals surface area contributed by atoms with Gasteiger partial charge in [-0.15, -0.1) is 22.7 Å². The molecule has 0 spiro atoms. The van der Waals surface area contributed by atoms with E-state index in [0.717, 1.165) is 35.3 Å². The van der Waals surface area contributed by atoms with Crippen LogP contribution in [-0.4, -0.2) is 10.9 Å². The number of anilines is 1. The average molecular weight is 423 g/mol. The molecular weight excluding hydrogens is 407 g/mol. The monoisotopic (exact) mass is 422 g/mol. The van der Waals surface area contributed by atoms with Crippen molar-refractivity contribution in [1.82, 2.24) is 4.98 Å². The Morgan fingerprint density at radius 3 is 2.92 bits per heavy atom. The largest absolute Gasteiger partial charge is 0.298 e. The first kappa shape index (κ1) is 18.0. The summed E-state index contributed by atoms with van der Waals surface area (Å²) in [5, 5.41) is 6.80. The Morgan fingerprint density at radius 1 is 1.23 bits per heavy atom. The lowest BCUT2D eigenvalue weighted by molar-refractivity contribution is 0.102. The van der Waals surface area contributed by atoms with E-state index in [1.54, 1.807) is 23.6 Å². The van der Waals surface area contributed by atoms with E-state index in [1.165, 1.54) is 28.2 Å². The molecule has 1 aromatic carbocycles. The molecule has 134 valence electrons. The van der Waals surface area contributed by atoms with Crippen molar-refractivity contribution in [1.29, 1.82) is 0 Å². The molecule has 1 N–H and O–H groups in total. The second-order valence-corrected chi connectivity index (χ2v) is 9.18. The van der Waals surface area contributed by atoms with Gasteiger partial charge in [-0.2, -0.15) is 0 Å². The molecule has 3 aromatic rings. The number of thiophene rings is 1. The van der Waals surface area contributed by atoms with E-state index < -0.39 is 0 Å². The summed E-state index contributed by atoms with van der Waals surface area (Å²) in [6.07, 6.45) is 6.92. The Hall–Kier alpha value is -1.40. The molecule has 26 heavy (non-hydrogen) atoms. The van der Waals surface area contributed by atoms with Gasteiger partial charge >= 0.3 is 0 Å². The standard InChI is InChI=1S/C19H16Cl2N2OS2/c20-12-6-5-11(16(21)8-12)7-13-9-22-19(26-13)23-18(24)15-10-25-17-4-2-1-3-14(15)17/h5-6,8-10H,1-4,7H2,(H,22,23,24). The molecule has 0 saturated carbocycles. The third kappa shape index (κ3) is 3.81. The predicted molar refractivity (Wildman–Crippen MR) is 110 cm³/mol. The minimum atomic E-state index is -0.0603. The van der Waals surface area contributed by atoms with Crippen molar-refractivity contribution in [2.45, 2.75) is 32.1 Å². The van der Waals surface area contributed by atoms with E-state index in [0.29, 0.717) is 21.6 Å². The van der Waals surface area contributed by atoms with E-state index >= 15 is 0 Å². The van der Waals surface area contributed by atoms with Gasteiger partial charge in [0.15, 0.2) is 5.13 Å². The first-order valence-electron chi connectivity index (χ1n) is 8.39. The zero-order valence-electron chi connectivity index (χ0n) is 13.9. The van der Waals surface area contributed by atoms with Crippen molar-refractivity contribution in [2.24, 2.45) is 0 Å². The van der Waals surface area contributed by atoms with Gasteiger partial charge in [0, 0.05) is 37.8 Å². The minimum Gasteiger partial charge on any atom is -0.298 e. The summed E-state index contributed by atoms with van der Waals surface area (Å²) >= 11 is 15.3. The highest BCUT2D eigenvalue weighted by molar-refractivity contribution is 7.15. The van der Waals surface area contributed by atoms with Gasteiger partial charge in [0.2, 0.25) is 0 Å². The molecule has 0 fully saturated rings. The number of thiazole rings is 1. The Balaban J connectivity index is 1.46. The first-order valence-corrected chi connectivity index (χ1v) is 10.8. The SMILES string of the molecule is O=C(Nc1ncc(Cc2ccc(Cl)cc2Cl)s1)c1csc2c1CCCC2. The van der Waals surface area contributed by atoms with Crippen molar-refractivity contribution < 1.29 is 4.79 Å². The Bertz CT molecular complexity index is 964. The number of benzene rings is 1. The summed E-state index contributed by atoms with van der Waals surface area (Å²) in [6.45, 7) is 0. The van der Waals surface area contributed by atoms with Crippen LogP contribution in [0.3, 0.4) is 0 Å². The van der Waals surface area contributed by atoms with Gasteiger partial charge in [0.1, 0.15) is 0 Å². The maximum atomic E-state index is 12.6. The van der Waals surface area contributed by atoms with Gasteiger partial charge in [-0.05, 0) is 48.9 Å². The number of hydrogen-bond donors (Lipinski definition) is 1. The van der Waals surface area contributed by atoms with Crippen LogP contribution >= 0.6 is 45.9 Å². The van der Waals surface area contributed by atoms with Gasteiger partial charge < -0.3 is 0 Å². The van der Waals surface area contributed by atoms with Crippen LogP contribution in [0.25, 0.3) is 0 Å². The van der Waals surface area contributed by atoms with Crippen LogP contribution in [0.15, 0.2) is 29.8 Å². The van der Waals surface area contributed by atoms with Crippen LogP contribution in [0, 0.1) is 0 Å². The van der Waals surface area contributed by atoms with Gasteiger partial charge in [-0.25, -0.2) is 4.98 Å². The fourth-order valence-electron chi connectivity index (χ4n) is 3.15. The van der Waals surface area contributed by atoms with Crippen LogP contribution in [-0.2, 0) is 19.3 Å². The normalized spacial score (nSPS) is 13.5. The minimum absolute atomic E-state index is 0.0603. The number of nitrogens with zero attached hydrogens (tertiary/aromatic N) is 1. The number of halogens is 2. The quantitative estimate of drug-likeness (QED) is 0.540. The number of amides is 1. The molecule has 0 unspecified atom stereocenters. The highest BCUT2D eigenvalue weighted by atomic mass is 35.5. The van der Waals surface area contributed by atoms with E-state index in [9.17, 15) is 4.79 Å². The van der Waals surface area contributed by atoms with Crippen LogP contribution in [0.5, 0.6) is 0 Å². The van der Waals surface area contributed by atoms with Gasteiger partial charge in [0.25, 0.3) is 5.91 Å². The Morgan fingerprint density at radius 2 is 2.08 bits per heavy atom. The molecule has 2 heterocycles. The molecule has 1 aliphatic carbocycles. The number of fused-ring (bicyclic) bond motifs is 1. The number of hydrogen-bond acceptors (Lipinski definition) is 4. The number of carbonyl (C=O) groups is 1. The van der Waals surface area contributed by atoms with Crippen molar-refractivity contribution in [2.75, 3.05) is 5.32 Å². The van der Waals surface area contributed by atoms with E-state index in [-0.39, 0.29) is 5.91 Å². The topological polar surface area (TPSA) is 42.0 Å². The zero-order chi connectivity index (χ0) is 18.1. The lowest BCUT2D eigenvalue weighted by atomic mass is 9.96. The molecule has 0 saturated heterocycles. The van der Waals surface area contributed by atoms with Crippen LogP contribution in [0.2, 0.25) is 10.0 Å². The number of carbonyl (C=O) groups excluding carboxylic acids is 1. The second kappa shape index (κ2) is 7.69. The smallest absolute Gasteiger partial charge is 0.258 e. The van der Waals surface area contributed by atoms with Gasteiger partial charge in [-0.3, -0.25) is 10.1 Å². The summed E-state index contributed by atoms with van der Waals surface area (Å²) in [5.74, 6) is -0.0603. The lowest BCUT2D eigenvalue weighted by Crippen LogP contribution is -2.14. The first-order chi connectivity index (χ1) is 12.6. The maximum Gasteiger partial charge on any atom is 0.258 e. The maximum absolute atomic E-state index is 12.6. The molecule has 2 aromatic heterocycles. The average Bonchev–Trinajstić information content (AvgIpc) is 3.24. The molecule has 0 radical (unpaired) electrons. The highest BCUT2D eigenvalue weighted by Gasteiger charge is 2.20. The van der Waals surface area contributed by atoms with Crippen LogP contribution in [0.4, 0.5) is 5.13 Å². The summed E-state index contributed by atoms with van der Waals surface area (Å²) in [5.41, 5.74) is 3.02. The summed E-state index contributed by atoms with van der Waals surface area (Å²) in [4.78, 5) is 19.4. The molecule has 1 amide bonds. The second-order valence-electron chi connectivity index (χ2n) is 6.26. The number of aryl methyl sites for hydroxylation is 1. The van der Waals surface area contributed by atoms with Crippen molar-refractivity contribution in [3.8, 4) is 0 Å². The van der Waals surface area contributed by atoms with E-state index in [1.807, 2.05) is 17.5 Å². The molecule has 0 bridgehead atoms. The molecule has 3 nitrogen and oxygen atoms in total. The van der Waals surface area contributed by atoms with Crippen LogP contribution in [0.1, 0.15) is 44.1 Å². The van der Waals surface area contributed by atoms with Crippen LogP contribution < -0.4 is 5.32 Å². The third-order valence-electron chi connectivity index (χ3n) is 4.46. The van der Waals surface area contributed by atoms with Crippen molar-refractivity contribution >= 4 is 56.9 Å². The zero-order valence-corrected chi connectivity index (χ0v) is 17.0. The molecule has 0 atom stereocenters. The third-order valence-corrected chi connectivity index (χ3v) is 7.05. The molecule has 4 rings (SSSR count). The number of aromatic nitrogens is 1. The fourth-order valence-corrected chi connectivity index (χ4v) is 5.58. The number of rotatable bonds is 4. The summed E-state index contributed by atoms with van der Waals surface area (Å²) in [7, 11) is 0. The fraction of sp³-hybridized carbons (Fsp3) is 0.263. The van der Waals surface area contributed by atoms with E-state index in [2.05, 4.69) is 10.3 Å². The summed E-state index contributed by atoms with van der Waals surface area (Å²) in [6, 6.07) is 5.48. The van der Waals surface area contributed by atoms with Gasteiger partial charge in [-0.1, -0.05) is 29.3 Å². The predicted octanol–water partition coefficient (Wildman–Crippen LogP) is 6.23. The van der Waals surface area contributed by atoms with E-state index in [4.69, 9.17) is 23.2 Å². The molecule has 1 aliphatic rings. The Kier molecular flexibility index (Phi) is 5.32. The number of nitrogens with one attached hydrogen (secondary N) is 1. The highest BCUT2D eigenvalue weighted by Crippen LogP contribution is 2.31. The van der Waals surface area contributed by atoms with Crippen molar-refractivity contribution in [3.63, 3.8) is 0 Å². The molecule has 0 aliphatic heterocycles. The lowest BCUT2D eigenvalue weighted by Gasteiger charge is -2.12. The molecule has 7 heteroatoms. The van der Waals surface area contributed by atoms with Crippen molar-refractivity contribution in [3.05, 3.63) is 66.3 Å².